The number of nitrogens with zero attached hydrogens (tertiary/aromatic N) is 1. The van der Waals surface area contributed by atoms with Crippen LogP contribution in [-0.4, -0.2) is 4.98 Å². The molecule has 0 spiro atoms. The molecule has 0 saturated heterocycles. The van der Waals surface area contributed by atoms with Gasteiger partial charge in [0.25, 0.3) is 0 Å². The summed E-state index contributed by atoms with van der Waals surface area (Å²) in [5, 5.41) is 5.03. The van der Waals surface area contributed by atoms with Crippen molar-refractivity contribution < 1.29 is 4.42 Å². The lowest BCUT2D eigenvalue weighted by molar-refractivity contribution is 0.619. The number of hydrogen-bond acceptors (Lipinski definition) is 2. The first-order chi connectivity index (χ1) is 19.2. The van der Waals surface area contributed by atoms with E-state index in [2.05, 4.69) is 129 Å². The van der Waals surface area contributed by atoms with Crippen molar-refractivity contribution in [2.45, 2.75) is 26.7 Å². The molecule has 7 aromatic rings. The van der Waals surface area contributed by atoms with E-state index >= 15 is 0 Å². The number of rotatable bonds is 5. The Bertz CT molecular complexity index is 1870. The molecule has 1 heterocycles. The molecular weight excluding hydrogens is 474 g/mol. The summed E-state index contributed by atoms with van der Waals surface area (Å²) in [4.78, 5) is 4.85. The van der Waals surface area contributed by atoms with Crippen molar-refractivity contribution in [3.63, 3.8) is 0 Å². The highest BCUT2D eigenvalue weighted by Crippen LogP contribution is 2.43. The first kappa shape index (κ1) is 23.4. The quantitative estimate of drug-likeness (QED) is 0.218. The van der Waals surface area contributed by atoms with Gasteiger partial charge >= 0.3 is 0 Å². The Balaban J connectivity index is 1.39. The maximum absolute atomic E-state index is 6.24. The molecule has 2 nitrogen and oxygen atoms in total. The summed E-state index contributed by atoms with van der Waals surface area (Å²) >= 11 is 0. The van der Waals surface area contributed by atoms with Crippen molar-refractivity contribution in [1.82, 2.24) is 4.98 Å². The van der Waals surface area contributed by atoms with Gasteiger partial charge in [0, 0.05) is 5.56 Å². The smallest absolute Gasteiger partial charge is 0.227 e. The second-order valence-corrected chi connectivity index (χ2v) is 10.1. The highest BCUT2D eigenvalue weighted by Gasteiger charge is 2.17. The van der Waals surface area contributed by atoms with E-state index in [1.54, 1.807) is 0 Å². The Labute approximate surface area is 228 Å². The second kappa shape index (κ2) is 9.56. The predicted molar refractivity (Wildman–Crippen MR) is 164 cm³/mol. The molecular formula is C37H29NO. The van der Waals surface area contributed by atoms with Gasteiger partial charge in [-0.15, -0.1) is 0 Å². The summed E-state index contributed by atoms with van der Waals surface area (Å²) < 4.78 is 6.24. The molecule has 0 atom stereocenters. The van der Waals surface area contributed by atoms with Crippen LogP contribution >= 0.6 is 0 Å². The highest BCUT2D eigenvalue weighted by atomic mass is 16.3. The van der Waals surface area contributed by atoms with Gasteiger partial charge in [-0.2, -0.15) is 0 Å². The highest BCUT2D eigenvalue weighted by molar-refractivity contribution is 6.21. The van der Waals surface area contributed by atoms with E-state index in [4.69, 9.17) is 9.40 Å². The van der Waals surface area contributed by atoms with Gasteiger partial charge in [-0.3, -0.25) is 0 Å². The van der Waals surface area contributed by atoms with Crippen LogP contribution in [-0.2, 0) is 12.8 Å². The van der Waals surface area contributed by atoms with E-state index in [1.165, 1.54) is 54.9 Å². The first-order valence-electron chi connectivity index (χ1n) is 13.8. The third-order valence-corrected chi connectivity index (χ3v) is 7.89. The average Bonchev–Trinajstić information content (AvgIpc) is 3.42. The molecule has 0 amide bonds. The van der Waals surface area contributed by atoms with Crippen molar-refractivity contribution in [1.29, 1.82) is 0 Å². The van der Waals surface area contributed by atoms with Crippen LogP contribution in [0.2, 0.25) is 0 Å². The number of aromatic nitrogens is 1. The normalized spacial score (nSPS) is 11.5. The van der Waals surface area contributed by atoms with Gasteiger partial charge in [0.15, 0.2) is 5.58 Å². The minimum absolute atomic E-state index is 0.668. The summed E-state index contributed by atoms with van der Waals surface area (Å²) in [6.45, 7) is 4.38. The van der Waals surface area contributed by atoms with Crippen molar-refractivity contribution in [3.8, 4) is 33.7 Å². The molecule has 0 aliphatic rings. The Morgan fingerprint density at radius 2 is 0.974 bits per heavy atom. The van der Waals surface area contributed by atoms with Gasteiger partial charge in [0.1, 0.15) is 5.52 Å². The molecule has 0 unspecified atom stereocenters. The zero-order chi connectivity index (χ0) is 26.3. The number of oxazole rings is 1. The van der Waals surface area contributed by atoms with Crippen molar-refractivity contribution >= 4 is 32.6 Å². The minimum Gasteiger partial charge on any atom is -0.436 e. The standard InChI is InChI=1S/C37H29NO/c1-3-24-22-33-34(23-25(24)4-2)39-37(38-33)28-20-18-27(19-21-28)36-31-16-10-8-14-29(31)35(26-12-6-5-7-13-26)30-15-9-11-17-32(30)36/h5-23H,3-4H2,1-2H3. The van der Waals surface area contributed by atoms with Crippen LogP contribution < -0.4 is 0 Å². The molecule has 0 saturated carbocycles. The Morgan fingerprint density at radius 3 is 1.51 bits per heavy atom. The minimum atomic E-state index is 0.668. The Morgan fingerprint density at radius 1 is 0.513 bits per heavy atom. The first-order valence-corrected chi connectivity index (χ1v) is 13.8. The maximum Gasteiger partial charge on any atom is 0.227 e. The summed E-state index contributed by atoms with van der Waals surface area (Å²) in [7, 11) is 0. The van der Waals surface area contributed by atoms with Crippen LogP contribution in [0.3, 0.4) is 0 Å². The largest absolute Gasteiger partial charge is 0.436 e. The van der Waals surface area contributed by atoms with Crippen LogP contribution in [0, 0.1) is 0 Å². The van der Waals surface area contributed by atoms with Crippen LogP contribution in [0.1, 0.15) is 25.0 Å². The Hall–Kier alpha value is -4.69. The molecule has 0 bridgehead atoms. The van der Waals surface area contributed by atoms with Gasteiger partial charge in [-0.25, -0.2) is 4.98 Å². The molecule has 2 heteroatoms. The summed E-state index contributed by atoms with van der Waals surface area (Å²) in [6.07, 6.45) is 2.00. The summed E-state index contributed by atoms with van der Waals surface area (Å²) in [5.41, 5.74) is 10.4. The van der Waals surface area contributed by atoms with Gasteiger partial charge in [-0.05, 0) is 92.0 Å². The van der Waals surface area contributed by atoms with Crippen LogP contribution in [0.4, 0.5) is 0 Å². The molecule has 1 aromatic heterocycles. The van der Waals surface area contributed by atoms with Crippen molar-refractivity contribution in [2.24, 2.45) is 0 Å². The predicted octanol–water partition coefficient (Wildman–Crippen LogP) is 10.3. The molecule has 188 valence electrons. The van der Waals surface area contributed by atoms with E-state index in [0.29, 0.717) is 5.89 Å². The Kier molecular flexibility index (Phi) is 5.74. The molecule has 7 rings (SSSR count). The van der Waals surface area contributed by atoms with E-state index < -0.39 is 0 Å². The van der Waals surface area contributed by atoms with E-state index in [9.17, 15) is 0 Å². The molecule has 0 aliphatic heterocycles. The fraction of sp³-hybridized carbons (Fsp3) is 0.108. The van der Waals surface area contributed by atoms with Crippen molar-refractivity contribution in [2.75, 3.05) is 0 Å². The van der Waals surface area contributed by atoms with E-state index in [0.717, 1.165) is 29.5 Å². The summed E-state index contributed by atoms with van der Waals surface area (Å²) in [6, 6.07) is 41.3. The lowest BCUT2D eigenvalue weighted by Crippen LogP contribution is -1.90. The van der Waals surface area contributed by atoms with Crippen LogP contribution in [0.25, 0.3) is 66.4 Å². The monoisotopic (exact) mass is 503 g/mol. The SMILES string of the molecule is CCc1cc2nc(-c3ccc(-c4c5ccccc5c(-c5ccccc5)c5ccccc45)cc3)oc2cc1CC. The zero-order valence-electron chi connectivity index (χ0n) is 22.2. The van der Waals surface area contributed by atoms with E-state index in [1.807, 2.05) is 0 Å². The lowest BCUT2D eigenvalue weighted by Gasteiger charge is -2.17. The molecule has 39 heavy (non-hydrogen) atoms. The van der Waals surface area contributed by atoms with E-state index in [-0.39, 0.29) is 0 Å². The second-order valence-electron chi connectivity index (χ2n) is 10.1. The molecule has 0 fully saturated rings. The lowest BCUT2D eigenvalue weighted by atomic mass is 9.86. The van der Waals surface area contributed by atoms with Crippen molar-refractivity contribution in [3.05, 3.63) is 126 Å². The maximum atomic E-state index is 6.24. The average molecular weight is 504 g/mol. The van der Waals surface area contributed by atoms with Gasteiger partial charge in [-0.1, -0.05) is 105 Å². The number of fused-ring (bicyclic) bond motifs is 3. The topological polar surface area (TPSA) is 26.0 Å². The molecule has 0 aliphatic carbocycles. The van der Waals surface area contributed by atoms with Crippen LogP contribution in [0.5, 0.6) is 0 Å². The number of benzene rings is 6. The molecule has 6 aromatic carbocycles. The van der Waals surface area contributed by atoms with Gasteiger partial charge in [0.05, 0.1) is 0 Å². The fourth-order valence-corrected chi connectivity index (χ4v) is 5.98. The molecule has 0 radical (unpaired) electrons. The fourth-order valence-electron chi connectivity index (χ4n) is 5.98. The zero-order valence-corrected chi connectivity index (χ0v) is 22.2. The third kappa shape index (κ3) is 3.92. The van der Waals surface area contributed by atoms with Crippen LogP contribution in [0.15, 0.2) is 120 Å². The van der Waals surface area contributed by atoms with Gasteiger partial charge in [0.2, 0.25) is 5.89 Å². The number of aryl methyl sites for hydroxylation is 2. The molecule has 0 N–H and O–H groups in total. The van der Waals surface area contributed by atoms with Gasteiger partial charge < -0.3 is 4.42 Å². The number of hydrogen-bond donors (Lipinski definition) is 0. The third-order valence-electron chi connectivity index (χ3n) is 7.89. The summed E-state index contributed by atoms with van der Waals surface area (Å²) in [5.74, 6) is 0.668.